The third-order valence-electron chi connectivity index (χ3n) is 1.88. The number of halogens is 3. The minimum atomic E-state index is -3.86. The van der Waals surface area contributed by atoms with Gasteiger partial charge < -0.3 is 0 Å². The molecule has 0 spiro atoms. The van der Waals surface area contributed by atoms with Crippen molar-refractivity contribution >= 4 is 10.2 Å². The quantitative estimate of drug-likeness (QED) is 0.685. The van der Waals surface area contributed by atoms with E-state index in [4.69, 9.17) is 0 Å². The van der Waals surface area contributed by atoms with E-state index < -0.39 is 16.0 Å². The number of benzene rings is 2. The summed E-state index contributed by atoms with van der Waals surface area (Å²) in [5.74, 6) is -3.86. The van der Waals surface area contributed by atoms with E-state index in [2.05, 4.69) is 48.5 Å². The third-order valence-corrected chi connectivity index (χ3v) is 1.88. The lowest BCUT2D eigenvalue weighted by Crippen LogP contribution is -2.03. The minimum Gasteiger partial charge on any atom is -0.178 e. The van der Waals surface area contributed by atoms with Crippen LogP contribution >= 0.6 is 0 Å². The molecule has 0 aliphatic heterocycles. The van der Waals surface area contributed by atoms with Gasteiger partial charge >= 0.3 is 5.80 Å². The second kappa shape index (κ2) is 6.25. The molecule has 0 aliphatic carbocycles. The van der Waals surface area contributed by atoms with Crippen LogP contribution in [0.2, 0.25) is 0 Å². The van der Waals surface area contributed by atoms with Gasteiger partial charge in [-0.2, -0.15) is 13.2 Å². The molecule has 0 N–H and O–H groups in total. The molecule has 0 heterocycles. The van der Waals surface area contributed by atoms with E-state index in [1.165, 1.54) is 11.1 Å². The molecule has 0 nitrogen and oxygen atoms in total. The highest BCUT2D eigenvalue weighted by atomic mass is 28.1. The average Bonchev–Trinajstić information content (AvgIpc) is 2.29. The lowest BCUT2D eigenvalue weighted by atomic mass is 10.1. The Hall–Kier alpha value is -1.55. The summed E-state index contributed by atoms with van der Waals surface area (Å²) in [6, 6.07) is 20.8. The maximum Gasteiger partial charge on any atom is 0.351 e. The van der Waals surface area contributed by atoms with Gasteiger partial charge in [0.15, 0.2) is 0 Å². The maximum atomic E-state index is 10.4. The van der Waals surface area contributed by atoms with E-state index in [0.29, 0.717) is 0 Å². The van der Waals surface area contributed by atoms with Gasteiger partial charge in [-0.3, -0.25) is 0 Å². The van der Waals surface area contributed by atoms with Crippen molar-refractivity contribution in [3.05, 3.63) is 60.7 Å². The molecule has 4 heteroatoms. The van der Waals surface area contributed by atoms with Crippen molar-refractivity contribution in [1.82, 2.24) is 0 Å². The fraction of sp³-hybridized carbons (Fsp3) is 0.0769. The van der Waals surface area contributed by atoms with Gasteiger partial charge in [0.05, 0.1) is 0 Å². The Balaban J connectivity index is 0.000000249. The van der Waals surface area contributed by atoms with Crippen LogP contribution in [-0.2, 0) is 0 Å². The first kappa shape index (κ1) is 13.5. The van der Waals surface area contributed by atoms with Crippen LogP contribution in [-0.4, -0.2) is 16.0 Å². The lowest BCUT2D eigenvalue weighted by molar-refractivity contribution is -0.0429. The number of hydrogen-bond acceptors (Lipinski definition) is 0. The predicted octanol–water partition coefficient (Wildman–Crippen LogP) is 3.23. The molecule has 0 aromatic heterocycles. The molecule has 0 bridgehead atoms. The molecule has 0 amide bonds. The molecule has 0 saturated carbocycles. The molecule has 0 unspecified atom stereocenters. The summed E-state index contributed by atoms with van der Waals surface area (Å²) >= 11 is 0. The largest absolute Gasteiger partial charge is 0.351 e. The van der Waals surface area contributed by atoms with Crippen LogP contribution in [0.25, 0.3) is 11.1 Å². The Labute approximate surface area is 102 Å². The Bertz CT molecular complexity index is 380. The highest BCUT2D eigenvalue weighted by Gasteiger charge is 2.14. The summed E-state index contributed by atoms with van der Waals surface area (Å²) in [6.07, 6.45) is 0. The van der Waals surface area contributed by atoms with E-state index >= 15 is 0 Å². The summed E-state index contributed by atoms with van der Waals surface area (Å²) in [4.78, 5) is 0. The first-order chi connectivity index (χ1) is 7.97. The van der Waals surface area contributed by atoms with Gasteiger partial charge in [-0.05, 0) is 11.1 Å². The Kier molecular flexibility index (Phi) is 4.97. The molecule has 0 aliphatic rings. The number of alkyl halides is 3. The van der Waals surface area contributed by atoms with Crippen molar-refractivity contribution < 1.29 is 13.2 Å². The van der Waals surface area contributed by atoms with E-state index in [0.717, 1.165) is 0 Å². The predicted molar refractivity (Wildman–Crippen MR) is 67.9 cm³/mol. The van der Waals surface area contributed by atoms with E-state index in [9.17, 15) is 13.2 Å². The van der Waals surface area contributed by atoms with Gasteiger partial charge in [0.25, 0.3) is 0 Å². The molecule has 2 rings (SSSR count). The minimum absolute atomic E-state index is 0.692. The van der Waals surface area contributed by atoms with Crippen molar-refractivity contribution in [2.24, 2.45) is 0 Å². The molecule has 0 atom stereocenters. The van der Waals surface area contributed by atoms with Crippen LogP contribution in [0, 0.1) is 0 Å². The first-order valence-electron chi connectivity index (χ1n) is 5.14. The fourth-order valence-electron chi connectivity index (χ4n) is 1.26. The number of rotatable bonds is 1. The zero-order valence-corrected chi connectivity index (χ0v) is 11.4. The summed E-state index contributed by atoms with van der Waals surface area (Å²) in [5, 5.41) is 0. The molecule has 17 heavy (non-hydrogen) atoms. The van der Waals surface area contributed by atoms with Crippen LogP contribution in [0.5, 0.6) is 0 Å². The smallest absolute Gasteiger partial charge is 0.178 e. The monoisotopic (exact) mass is 254 g/mol. The van der Waals surface area contributed by atoms with E-state index in [-0.39, 0.29) is 0 Å². The zero-order chi connectivity index (χ0) is 12.7. The molecule has 2 aromatic rings. The molecule has 2 aromatic carbocycles. The Morgan fingerprint density at radius 3 is 1.12 bits per heavy atom. The summed E-state index contributed by atoms with van der Waals surface area (Å²) in [6.45, 7) is 0. The second-order valence-electron chi connectivity index (χ2n) is 3.51. The normalized spacial score (nSPS) is 10.5. The molecule has 0 radical (unpaired) electrons. The SMILES string of the molecule is FC(F)(F)[SiH3].c1ccc(-c2ccccc2)cc1. The maximum absolute atomic E-state index is 10.4. The molecule has 90 valence electrons. The summed E-state index contributed by atoms with van der Waals surface area (Å²) in [7, 11) is -0.692. The second-order valence-corrected chi connectivity index (χ2v) is 4.65. The van der Waals surface area contributed by atoms with Crippen molar-refractivity contribution in [3.63, 3.8) is 0 Å². The third kappa shape index (κ3) is 6.58. The average molecular weight is 254 g/mol. The van der Waals surface area contributed by atoms with Crippen LogP contribution < -0.4 is 0 Å². The van der Waals surface area contributed by atoms with Gasteiger partial charge in [0.1, 0.15) is 10.2 Å². The van der Waals surface area contributed by atoms with Crippen LogP contribution in [0.15, 0.2) is 60.7 Å². The Morgan fingerprint density at radius 1 is 0.647 bits per heavy atom. The van der Waals surface area contributed by atoms with Gasteiger partial charge in [0.2, 0.25) is 0 Å². The Morgan fingerprint density at radius 2 is 0.882 bits per heavy atom. The standard InChI is InChI=1S/C12H10.CH3F3Si/c1-3-7-11(8-4-1)12-9-5-2-6-10-12;2-1(3,4)5/h1-10H;5H3. The van der Waals surface area contributed by atoms with Gasteiger partial charge in [-0.25, -0.2) is 0 Å². The summed E-state index contributed by atoms with van der Waals surface area (Å²) in [5.41, 5.74) is 2.55. The van der Waals surface area contributed by atoms with Crippen molar-refractivity contribution in [2.45, 2.75) is 5.80 Å². The van der Waals surface area contributed by atoms with Crippen LogP contribution in [0.1, 0.15) is 0 Å². The fourth-order valence-corrected chi connectivity index (χ4v) is 1.26. The van der Waals surface area contributed by atoms with Crippen LogP contribution in [0.4, 0.5) is 13.2 Å². The van der Waals surface area contributed by atoms with E-state index in [1.54, 1.807) is 0 Å². The highest BCUT2D eigenvalue weighted by Crippen LogP contribution is 2.17. The zero-order valence-electron chi connectivity index (χ0n) is 9.41. The van der Waals surface area contributed by atoms with Crippen LogP contribution in [0.3, 0.4) is 0 Å². The van der Waals surface area contributed by atoms with Crippen molar-refractivity contribution in [2.75, 3.05) is 0 Å². The summed E-state index contributed by atoms with van der Waals surface area (Å²) < 4.78 is 31.2. The van der Waals surface area contributed by atoms with Gasteiger partial charge in [0, 0.05) is 0 Å². The van der Waals surface area contributed by atoms with Crippen molar-refractivity contribution in [1.29, 1.82) is 0 Å². The first-order valence-corrected chi connectivity index (χ1v) is 6.14. The topological polar surface area (TPSA) is 0 Å². The van der Waals surface area contributed by atoms with Gasteiger partial charge in [-0.15, -0.1) is 0 Å². The molecular weight excluding hydrogens is 241 g/mol. The number of hydrogen-bond donors (Lipinski definition) is 0. The highest BCUT2D eigenvalue weighted by molar-refractivity contribution is 6.11. The van der Waals surface area contributed by atoms with E-state index in [1.807, 2.05) is 12.1 Å². The molecule has 0 saturated heterocycles. The van der Waals surface area contributed by atoms with Crippen molar-refractivity contribution in [3.8, 4) is 11.1 Å². The molecular formula is C13H13F3Si. The van der Waals surface area contributed by atoms with Gasteiger partial charge in [-0.1, -0.05) is 60.7 Å². The molecule has 0 fully saturated rings. The lowest BCUT2D eigenvalue weighted by Gasteiger charge is -1.98.